The predicted octanol–water partition coefficient (Wildman–Crippen LogP) is 3.38. The van der Waals surface area contributed by atoms with Crippen molar-refractivity contribution in [3.05, 3.63) is 20.9 Å². The van der Waals surface area contributed by atoms with Crippen molar-refractivity contribution in [3.63, 3.8) is 0 Å². The molecule has 0 saturated carbocycles. The third-order valence-electron chi connectivity index (χ3n) is 5.48. The quantitative estimate of drug-likeness (QED) is 0.0539. The topological polar surface area (TPSA) is 237 Å². The molecule has 0 radical (unpaired) electrons. The highest BCUT2D eigenvalue weighted by molar-refractivity contribution is 6.76. The fraction of sp³-hybridized carbons (Fsp3) is 0.800. The van der Waals surface area contributed by atoms with Crippen LogP contribution < -0.4 is 0 Å². The van der Waals surface area contributed by atoms with Crippen LogP contribution in [0.15, 0.2) is 10.2 Å². The van der Waals surface area contributed by atoms with Gasteiger partial charge in [-0.2, -0.15) is 0 Å². The summed E-state index contributed by atoms with van der Waals surface area (Å²) in [4.78, 5) is 41.2. The lowest BCUT2D eigenvalue weighted by molar-refractivity contribution is -0.284. The maximum Gasteiger partial charge on any atom is 0.303 e. The van der Waals surface area contributed by atoms with Crippen LogP contribution in [0.5, 0.6) is 0 Å². The maximum atomic E-state index is 12.0. The van der Waals surface area contributed by atoms with Crippen LogP contribution >= 0.6 is 34.8 Å². The summed E-state index contributed by atoms with van der Waals surface area (Å²) < 4.78 is 36.8. The fourth-order valence-electron chi connectivity index (χ4n) is 4.04. The number of hydrogen-bond donors (Lipinski definition) is 1. The van der Waals surface area contributed by atoms with E-state index >= 15 is 0 Å². The Hall–Kier alpha value is -2.75. The van der Waals surface area contributed by atoms with Gasteiger partial charge in [0, 0.05) is 30.6 Å². The van der Waals surface area contributed by atoms with Crippen molar-refractivity contribution in [1.82, 2.24) is 0 Å². The predicted molar refractivity (Wildman–Crippen MR) is 135 cm³/mol. The number of azide groups is 2. The van der Waals surface area contributed by atoms with Crippen LogP contribution in [0.4, 0.5) is 0 Å². The molecule has 0 bridgehead atoms. The van der Waals surface area contributed by atoms with Gasteiger partial charge in [-0.05, 0) is 17.5 Å². The summed E-state index contributed by atoms with van der Waals surface area (Å²) >= 11 is 17.1. The van der Waals surface area contributed by atoms with E-state index in [-0.39, 0.29) is 6.42 Å². The number of esters is 3. The van der Waals surface area contributed by atoms with Crippen molar-refractivity contribution in [2.75, 3.05) is 6.54 Å². The van der Waals surface area contributed by atoms with E-state index in [1.54, 1.807) is 6.92 Å². The first-order valence-electron chi connectivity index (χ1n) is 11.6. The van der Waals surface area contributed by atoms with Gasteiger partial charge < -0.3 is 33.2 Å². The molecule has 0 aromatic carbocycles. The van der Waals surface area contributed by atoms with E-state index in [2.05, 4.69) is 20.1 Å². The molecular formula is C20H26Cl3N7O10. The maximum absolute atomic E-state index is 12.0. The molecule has 2 heterocycles. The second-order valence-corrected chi connectivity index (χ2v) is 10.7. The van der Waals surface area contributed by atoms with E-state index in [1.807, 2.05) is 0 Å². The van der Waals surface area contributed by atoms with E-state index in [9.17, 15) is 19.9 Å². The third-order valence-corrected chi connectivity index (χ3v) is 6.00. The van der Waals surface area contributed by atoms with Crippen molar-refractivity contribution < 1.29 is 47.5 Å². The minimum atomic E-state index is -2.26. The zero-order valence-electron chi connectivity index (χ0n) is 21.5. The van der Waals surface area contributed by atoms with Crippen LogP contribution in [0.25, 0.3) is 20.9 Å². The van der Waals surface area contributed by atoms with Gasteiger partial charge in [-0.15, -0.1) is 0 Å². The Kier molecular flexibility index (Phi) is 12.3. The molecule has 0 amide bonds. The number of alkyl halides is 3. The molecule has 0 unspecified atom stereocenters. The SMILES string of the molecule is CC[C@H]1O[C@H](OC(=N)C(Cl)(Cl)Cl)[C@H](OC(C)=O)[C@@H]1O[C@H]1O[C@@H](CN=[N+]=[N-])[C@@H](OC(C)=O)[C@H](OC(C)=O)[C@H]1N=[N+]=[N-]. The van der Waals surface area contributed by atoms with Crippen molar-refractivity contribution >= 4 is 58.6 Å². The lowest BCUT2D eigenvalue weighted by atomic mass is 9.96. The number of nitrogens with zero attached hydrogens (tertiary/aromatic N) is 6. The minimum Gasteiger partial charge on any atom is -0.458 e. The Morgan fingerprint density at radius 3 is 1.90 bits per heavy atom. The molecule has 1 N–H and O–H groups in total. The third kappa shape index (κ3) is 8.88. The molecule has 2 aliphatic rings. The number of carbonyl (C=O) groups is 3. The van der Waals surface area contributed by atoms with Gasteiger partial charge in [0.25, 0.3) is 3.79 Å². The van der Waals surface area contributed by atoms with Crippen molar-refractivity contribution in [1.29, 1.82) is 5.41 Å². The first kappa shape index (κ1) is 33.5. The Morgan fingerprint density at radius 2 is 1.40 bits per heavy atom. The van der Waals surface area contributed by atoms with Gasteiger partial charge in [-0.3, -0.25) is 19.8 Å². The number of nitrogens with one attached hydrogen (secondary N) is 1. The lowest BCUT2D eigenvalue weighted by Crippen LogP contribution is -2.62. The number of hydrogen-bond acceptors (Lipinski definition) is 13. The van der Waals surface area contributed by atoms with Crippen LogP contribution in [0, 0.1) is 5.41 Å². The molecule has 222 valence electrons. The summed E-state index contributed by atoms with van der Waals surface area (Å²) in [5.41, 5.74) is 18.1. The van der Waals surface area contributed by atoms with Crippen LogP contribution in [0.2, 0.25) is 0 Å². The molecule has 20 heteroatoms. The Balaban J connectivity index is 2.52. The van der Waals surface area contributed by atoms with Crippen LogP contribution in [-0.2, 0) is 47.5 Å². The second-order valence-electron chi connectivity index (χ2n) is 8.37. The summed E-state index contributed by atoms with van der Waals surface area (Å²) in [6, 6.07) is -1.46. The first-order chi connectivity index (χ1) is 18.7. The Labute approximate surface area is 242 Å². The van der Waals surface area contributed by atoms with Crippen molar-refractivity contribution in [3.8, 4) is 0 Å². The van der Waals surface area contributed by atoms with Crippen LogP contribution in [0.1, 0.15) is 34.1 Å². The van der Waals surface area contributed by atoms with Gasteiger partial charge in [0.2, 0.25) is 12.2 Å². The van der Waals surface area contributed by atoms with Gasteiger partial charge in [0.05, 0.1) is 12.6 Å². The zero-order chi connectivity index (χ0) is 30.2. The summed E-state index contributed by atoms with van der Waals surface area (Å²) in [6.07, 6.45) is -10.3. The normalized spacial score (nSPS) is 31.6. The summed E-state index contributed by atoms with van der Waals surface area (Å²) in [6.45, 7) is 4.55. The Bertz CT molecular complexity index is 1070. The number of halogens is 3. The van der Waals surface area contributed by atoms with E-state index in [4.69, 9.17) is 78.9 Å². The number of ether oxygens (including phenoxy) is 7. The highest BCUT2D eigenvalue weighted by atomic mass is 35.6. The fourth-order valence-corrected chi connectivity index (χ4v) is 4.18. The zero-order valence-corrected chi connectivity index (χ0v) is 23.8. The standard InChI is InChI=1S/C20H26Cl3N7O10/c1-5-10-13(16(36-9(4)33)18(37-10)40-19(24)20(21,22)23)39-17-12(28-30-26)15(35-8(3)32)14(34-7(2)31)11(38-17)6-27-29-25/h10-18,24H,5-6H2,1-4H3/t10-,11+,12-,13-,14-,15-,16-,17-,18-/m1/s1. The molecule has 0 spiro atoms. The van der Waals surface area contributed by atoms with E-state index in [1.165, 1.54) is 0 Å². The average molecular weight is 631 g/mol. The van der Waals surface area contributed by atoms with Crippen LogP contribution in [0.3, 0.4) is 0 Å². The minimum absolute atomic E-state index is 0.244. The van der Waals surface area contributed by atoms with E-state index in [0.717, 1.165) is 20.8 Å². The molecule has 17 nitrogen and oxygen atoms in total. The summed E-state index contributed by atoms with van der Waals surface area (Å²) in [5.74, 6) is -3.23. The van der Waals surface area contributed by atoms with Crippen LogP contribution in [-0.4, -0.2) is 89.4 Å². The number of carbonyl (C=O) groups excluding carboxylic acids is 3. The number of rotatable bonds is 10. The molecular weight excluding hydrogens is 605 g/mol. The average Bonchev–Trinajstić information content (AvgIpc) is 3.15. The largest absolute Gasteiger partial charge is 0.458 e. The summed E-state index contributed by atoms with van der Waals surface area (Å²) in [7, 11) is 0. The van der Waals surface area contributed by atoms with Gasteiger partial charge in [0.15, 0.2) is 24.6 Å². The molecule has 2 rings (SSSR count). The summed E-state index contributed by atoms with van der Waals surface area (Å²) in [5, 5.41) is 15.0. The lowest BCUT2D eigenvalue weighted by Gasteiger charge is -2.44. The Morgan fingerprint density at radius 1 is 0.850 bits per heavy atom. The van der Waals surface area contributed by atoms with Gasteiger partial charge in [-0.25, -0.2) is 0 Å². The molecule has 2 fully saturated rings. The van der Waals surface area contributed by atoms with E-state index < -0.39 is 89.4 Å². The monoisotopic (exact) mass is 629 g/mol. The van der Waals surface area contributed by atoms with E-state index in [0.29, 0.717) is 0 Å². The first-order valence-corrected chi connectivity index (χ1v) is 12.7. The molecule has 9 atom stereocenters. The van der Waals surface area contributed by atoms with Crippen molar-refractivity contribution in [2.24, 2.45) is 10.2 Å². The smallest absolute Gasteiger partial charge is 0.303 e. The molecule has 2 aliphatic heterocycles. The van der Waals surface area contributed by atoms with Gasteiger partial charge >= 0.3 is 17.9 Å². The molecule has 40 heavy (non-hydrogen) atoms. The molecule has 0 aliphatic carbocycles. The second kappa shape index (κ2) is 14.8. The molecule has 2 saturated heterocycles. The van der Waals surface area contributed by atoms with Crippen molar-refractivity contribution in [2.45, 2.75) is 93.2 Å². The van der Waals surface area contributed by atoms with Gasteiger partial charge in [0.1, 0.15) is 18.2 Å². The molecule has 0 aromatic rings. The molecule has 0 aromatic heterocycles. The highest BCUT2D eigenvalue weighted by Gasteiger charge is 2.55. The highest BCUT2D eigenvalue weighted by Crippen LogP contribution is 2.37. The van der Waals surface area contributed by atoms with Gasteiger partial charge in [-0.1, -0.05) is 52.0 Å².